The van der Waals surface area contributed by atoms with Gasteiger partial charge in [-0.25, -0.2) is 0 Å². The third-order valence-electron chi connectivity index (χ3n) is 3.16. The molecule has 0 aliphatic carbocycles. The molecule has 4 nitrogen and oxygen atoms in total. The zero-order valence-corrected chi connectivity index (χ0v) is 9.23. The van der Waals surface area contributed by atoms with Gasteiger partial charge in [0.05, 0.1) is 0 Å². The summed E-state index contributed by atoms with van der Waals surface area (Å²) >= 11 is 0. The number of piperidine rings is 1. The van der Waals surface area contributed by atoms with Crippen molar-refractivity contribution in [2.24, 2.45) is 11.7 Å². The molecule has 1 aromatic rings. The van der Waals surface area contributed by atoms with Gasteiger partial charge in [0, 0.05) is 30.4 Å². The first-order chi connectivity index (χ1) is 7.66. The van der Waals surface area contributed by atoms with E-state index in [2.05, 4.69) is 4.90 Å². The molecule has 1 heterocycles. The lowest BCUT2D eigenvalue weighted by Crippen LogP contribution is -2.38. The van der Waals surface area contributed by atoms with Crippen molar-refractivity contribution in [1.82, 2.24) is 0 Å². The van der Waals surface area contributed by atoms with Gasteiger partial charge in [0.2, 0.25) is 5.91 Å². The maximum absolute atomic E-state index is 11.0. The van der Waals surface area contributed by atoms with Gasteiger partial charge in [-0.05, 0) is 37.1 Å². The fourth-order valence-corrected chi connectivity index (χ4v) is 2.11. The highest BCUT2D eigenvalue weighted by Crippen LogP contribution is 2.23. The van der Waals surface area contributed by atoms with Crippen molar-refractivity contribution in [2.75, 3.05) is 23.7 Å². The lowest BCUT2D eigenvalue weighted by atomic mass is 9.96. The minimum Gasteiger partial charge on any atom is -0.399 e. The summed E-state index contributed by atoms with van der Waals surface area (Å²) in [6, 6.07) is 7.82. The molecule has 1 aliphatic rings. The van der Waals surface area contributed by atoms with Crippen molar-refractivity contribution in [3.8, 4) is 0 Å². The lowest BCUT2D eigenvalue weighted by Gasteiger charge is -2.32. The van der Waals surface area contributed by atoms with Gasteiger partial charge in [0.25, 0.3) is 0 Å². The molecule has 1 amide bonds. The molecule has 0 spiro atoms. The minimum absolute atomic E-state index is 0.0463. The van der Waals surface area contributed by atoms with Gasteiger partial charge in [-0.2, -0.15) is 0 Å². The highest BCUT2D eigenvalue weighted by Gasteiger charge is 2.22. The second-order valence-electron chi connectivity index (χ2n) is 4.26. The van der Waals surface area contributed by atoms with Crippen molar-refractivity contribution in [1.29, 1.82) is 0 Å². The molecule has 2 rings (SSSR count). The quantitative estimate of drug-likeness (QED) is 0.728. The van der Waals surface area contributed by atoms with Crippen LogP contribution in [0.1, 0.15) is 12.8 Å². The molecule has 4 heteroatoms. The summed E-state index contributed by atoms with van der Waals surface area (Å²) in [6.45, 7) is 1.77. The number of primary amides is 1. The largest absolute Gasteiger partial charge is 0.399 e. The molecular formula is C12H17N3O. The Morgan fingerprint density at radius 2 is 1.75 bits per heavy atom. The van der Waals surface area contributed by atoms with Crippen LogP contribution in [0.2, 0.25) is 0 Å². The Balaban J connectivity index is 1.99. The number of hydrogen-bond donors (Lipinski definition) is 2. The summed E-state index contributed by atoms with van der Waals surface area (Å²) in [5.74, 6) is -0.123. The van der Waals surface area contributed by atoms with Crippen LogP contribution in [0.3, 0.4) is 0 Å². The number of amides is 1. The van der Waals surface area contributed by atoms with Crippen molar-refractivity contribution in [3.63, 3.8) is 0 Å². The van der Waals surface area contributed by atoms with Crippen LogP contribution in [0.25, 0.3) is 0 Å². The normalized spacial score (nSPS) is 17.4. The zero-order valence-electron chi connectivity index (χ0n) is 9.23. The smallest absolute Gasteiger partial charge is 0.220 e. The first kappa shape index (κ1) is 10.8. The van der Waals surface area contributed by atoms with E-state index in [-0.39, 0.29) is 11.8 Å². The summed E-state index contributed by atoms with van der Waals surface area (Å²) in [7, 11) is 0. The summed E-state index contributed by atoms with van der Waals surface area (Å²) in [5.41, 5.74) is 12.9. The Hall–Kier alpha value is -1.71. The number of anilines is 2. The van der Waals surface area contributed by atoms with Crippen LogP contribution in [-0.2, 0) is 4.79 Å². The lowest BCUT2D eigenvalue weighted by molar-refractivity contribution is -0.122. The van der Waals surface area contributed by atoms with Crippen LogP contribution >= 0.6 is 0 Å². The zero-order chi connectivity index (χ0) is 11.5. The second-order valence-corrected chi connectivity index (χ2v) is 4.26. The van der Waals surface area contributed by atoms with Crippen molar-refractivity contribution < 1.29 is 4.79 Å². The first-order valence-electron chi connectivity index (χ1n) is 5.56. The van der Waals surface area contributed by atoms with E-state index in [1.165, 1.54) is 0 Å². The van der Waals surface area contributed by atoms with Gasteiger partial charge in [-0.3, -0.25) is 4.79 Å². The molecule has 1 aromatic carbocycles. The van der Waals surface area contributed by atoms with Gasteiger partial charge in [0.1, 0.15) is 0 Å². The van der Waals surface area contributed by atoms with Crippen molar-refractivity contribution in [2.45, 2.75) is 12.8 Å². The standard InChI is InChI=1S/C12H17N3O/c13-10-1-3-11(4-2-10)15-7-5-9(6-8-15)12(14)16/h1-4,9H,5-8,13H2,(H2,14,16). The molecule has 1 saturated heterocycles. The van der Waals surface area contributed by atoms with Gasteiger partial charge in [-0.15, -0.1) is 0 Å². The fraction of sp³-hybridized carbons (Fsp3) is 0.417. The number of carbonyl (C=O) groups excluding carboxylic acids is 1. The van der Waals surface area contributed by atoms with E-state index in [9.17, 15) is 4.79 Å². The average Bonchev–Trinajstić information content (AvgIpc) is 2.30. The van der Waals surface area contributed by atoms with E-state index < -0.39 is 0 Å². The third kappa shape index (κ3) is 2.27. The van der Waals surface area contributed by atoms with Gasteiger partial charge >= 0.3 is 0 Å². The third-order valence-corrected chi connectivity index (χ3v) is 3.16. The molecule has 1 fully saturated rings. The predicted molar refractivity (Wildman–Crippen MR) is 65.0 cm³/mol. The van der Waals surface area contributed by atoms with Gasteiger partial charge in [0.15, 0.2) is 0 Å². The van der Waals surface area contributed by atoms with E-state index in [1.807, 2.05) is 24.3 Å². The molecule has 0 saturated carbocycles. The highest BCUT2D eigenvalue weighted by molar-refractivity contribution is 5.77. The average molecular weight is 219 g/mol. The number of benzene rings is 1. The maximum Gasteiger partial charge on any atom is 0.220 e. The minimum atomic E-state index is -0.169. The van der Waals surface area contributed by atoms with E-state index in [4.69, 9.17) is 11.5 Å². The van der Waals surface area contributed by atoms with E-state index in [0.717, 1.165) is 37.3 Å². The van der Waals surface area contributed by atoms with Crippen molar-refractivity contribution in [3.05, 3.63) is 24.3 Å². The summed E-state index contributed by atoms with van der Waals surface area (Å²) in [4.78, 5) is 13.3. The Labute approximate surface area is 95.2 Å². The van der Waals surface area contributed by atoms with Crippen LogP contribution in [0.4, 0.5) is 11.4 Å². The van der Waals surface area contributed by atoms with Crippen LogP contribution in [0.15, 0.2) is 24.3 Å². The number of hydrogen-bond acceptors (Lipinski definition) is 3. The number of nitrogens with two attached hydrogens (primary N) is 2. The number of rotatable bonds is 2. The molecule has 0 unspecified atom stereocenters. The Bertz CT molecular complexity index is 366. The fourth-order valence-electron chi connectivity index (χ4n) is 2.11. The van der Waals surface area contributed by atoms with Gasteiger partial charge < -0.3 is 16.4 Å². The highest BCUT2D eigenvalue weighted by atomic mass is 16.1. The molecule has 0 aromatic heterocycles. The summed E-state index contributed by atoms with van der Waals surface area (Å²) in [6.07, 6.45) is 1.69. The molecule has 16 heavy (non-hydrogen) atoms. The van der Waals surface area contributed by atoms with Gasteiger partial charge in [-0.1, -0.05) is 0 Å². The molecule has 0 atom stereocenters. The Morgan fingerprint density at radius 3 is 2.25 bits per heavy atom. The molecule has 0 bridgehead atoms. The summed E-state index contributed by atoms with van der Waals surface area (Å²) in [5, 5.41) is 0. The van der Waals surface area contributed by atoms with E-state index >= 15 is 0 Å². The SMILES string of the molecule is NC(=O)C1CCN(c2ccc(N)cc2)CC1. The molecular weight excluding hydrogens is 202 g/mol. The van der Waals surface area contributed by atoms with Crippen LogP contribution in [-0.4, -0.2) is 19.0 Å². The topological polar surface area (TPSA) is 72.4 Å². The number of nitrogen functional groups attached to an aromatic ring is 1. The molecule has 1 aliphatic heterocycles. The van der Waals surface area contributed by atoms with Crippen LogP contribution in [0.5, 0.6) is 0 Å². The van der Waals surface area contributed by atoms with Crippen molar-refractivity contribution >= 4 is 17.3 Å². The number of nitrogens with zero attached hydrogens (tertiary/aromatic N) is 1. The van der Waals surface area contributed by atoms with Crippen LogP contribution < -0.4 is 16.4 Å². The monoisotopic (exact) mass is 219 g/mol. The molecule has 86 valence electrons. The molecule has 4 N–H and O–H groups in total. The maximum atomic E-state index is 11.0. The number of carbonyl (C=O) groups is 1. The molecule has 0 radical (unpaired) electrons. The predicted octanol–water partition coefficient (Wildman–Crippen LogP) is 0.970. The van der Waals surface area contributed by atoms with E-state index in [0.29, 0.717) is 0 Å². The van der Waals surface area contributed by atoms with Crippen LogP contribution in [0, 0.1) is 5.92 Å². The first-order valence-corrected chi connectivity index (χ1v) is 5.56. The Morgan fingerprint density at radius 1 is 1.19 bits per heavy atom. The second kappa shape index (κ2) is 4.43. The Kier molecular flexibility index (Phi) is 2.99. The summed E-state index contributed by atoms with van der Waals surface area (Å²) < 4.78 is 0. The van der Waals surface area contributed by atoms with E-state index in [1.54, 1.807) is 0 Å².